The van der Waals surface area contributed by atoms with E-state index in [0.717, 1.165) is 32.8 Å². The lowest BCUT2D eigenvalue weighted by atomic mass is 10.2. The van der Waals surface area contributed by atoms with Crippen LogP contribution >= 0.6 is 0 Å². The van der Waals surface area contributed by atoms with Crippen LogP contribution in [0.1, 0.15) is 16.1 Å². The predicted molar refractivity (Wildman–Crippen MR) is 114 cm³/mol. The second-order valence-electron chi connectivity index (χ2n) is 7.18. The van der Waals surface area contributed by atoms with Crippen molar-refractivity contribution in [3.05, 3.63) is 60.4 Å². The molecule has 10 heteroatoms. The molecule has 4 heterocycles. The third kappa shape index (κ3) is 4.25. The first-order chi connectivity index (χ1) is 15.3. The minimum atomic E-state index is -0.314. The SMILES string of the molecule is O=C(Nc1ccc(CN2CCOCC2)cc1)c1[nH]ncc1Nc1ncnc2ccoc12. The molecule has 1 aliphatic heterocycles. The van der Waals surface area contributed by atoms with Gasteiger partial charge in [0.05, 0.1) is 31.4 Å². The van der Waals surface area contributed by atoms with Crippen molar-refractivity contribution >= 4 is 34.2 Å². The summed E-state index contributed by atoms with van der Waals surface area (Å²) in [4.78, 5) is 23.5. The van der Waals surface area contributed by atoms with Gasteiger partial charge in [0, 0.05) is 31.4 Å². The molecular formula is C21H21N7O3. The average molecular weight is 419 g/mol. The fourth-order valence-electron chi connectivity index (χ4n) is 3.46. The number of furan rings is 1. The molecule has 0 bridgehead atoms. The summed E-state index contributed by atoms with van der Waals surface area (Å²) in [6.07, 6.45) is 4.49. The number of carbonyl (C=O) groups excluding carboxylic acids is 1. The number of nitrogens with zero attached hydrogens (tertiary/aromatic N) is 4. The van der Waals surface area contributed by atoms with Crippen LogP contribution in [0.2, 0.25) is 0 Å². The number of anilines is 3. The van der Waals surface area contributed by atoms with Crippen molar-refractivity contribution in [2.45, 2.75) is 6.54 Å². The summed E-state index contributed by atoms with van der Waals surface area (Å²) in [5.41, 5.74) is 3.84. The van der Waals surface area contributed by atoms with Crippen molar-refractivity contribution in [1.82, 2.24) is 25.1 Å². The third-order valence-electron chi connectivity index (χ3n) is 5.08. The summed E-state index contributed by atoms with van der Waals surface area (Å²) >= 11 is 0. The van der Waals surface area contributed by atoms with E-state index in [1.165, 1.54) is 24.4 Å². The Morgan fingerprint density at radius 2 is 1.97 bits per heavy atom. The number of morpholine rings is 1. The number of carbonyl (C=O) groups is 1. The maximum atomic E-state index is 12.8. The normalized spacial score (nSPS) is 14.6. The van der Waals surface area contributed by atoms with Gasteiger partial charge in [0.1, 0.15) is 17.5 Å². The Hall–Kier alpha value is -3.76. The van der Waals surface area contributed by atoms with Gasteiger partial charge in [-0.3, -0.25) is 14.8 Å². The number of nitrogens with one attached hydrogen (secondary N) is 3. The van der Waals surface area contributed by atoms with Crippen molar-refractivity contribution < 1.29 is 13.9 Å². The number of aromatic nitrogens is 4. The molecule has 0 radical (unpaired) electrons. The molecule has 10 nitrogen and oxygen atoms in total. The molecule has 4 aromatic rings. The van der Waals surface area contributed by atoms with Crippen LogP contribution in [-0.4, -0.2) is 57.3 Å². The fourth-order valence-corrected chi connectivity index (χ4v) is 3.46. The molecule has 1 saturated heterocycles. The lowest BCUT2D eigenvalue weighted by molar-refractivity contribution is 0.0342. The van der Waals surface area contributed by atoms with E-state index >= 15 is 0 Å². The van der Waals surface area contributed by atoms with E-state index in [-0.39, 0.29) is 11.6 Å². The number of hydrogen-bond donors (Lipinski definition) is 3. The molecule has 1 amide bonds. The van der Waals surface area contributed by atoms with E-state index in [1.807, 2.05) is 24.3 Å². The highest BCUT2D eigenvalue weighted by molar-refractivity contribution is 6.07. The lowest BCUT2D eigenvalue weighted by Gasteiger charge is -2.26. The summed E-state index contributed by atoms with van der Waals surface area (Å²) in [5, 5.41) is 12.7. The smallest absolute Gasteiger partial charge is 0.275 e. The van der Waals surface area contributed by atoms with Crippen LogP contribution in [0.15, 0.2) is 53.5 Å². The molecule has 31 heavy (non-hydrogen) atoms. The quantitative estimate of drug-likeness (QED) is 0.436. The van der Waals surface area contributed by atoms with Crippen LogP contribution in [0.4, 0.5) is 17.2 Å². The zero-order chi connectivity index (χ0) is 21.0. The Kier molecular flexibility index (Phi) is 5.29. The number of rotatable bonds is 6. The van der Waals surface area contributed by atoms with Gasteiger partial charge in [-0.2, -0.15) is 5.10 Å². The number of amides is 1. The number of aromatic amines is 1. The molecule has 1 aliphatic rings. The van der Waals surface area contributed by atoms with Crippen molar-refractivity contribution in [2.24, 2.45) is 0 Å². The molecule has 0 aliphatic carbocycles. The van der Waals surface area contributed by atoms with Gasteiger partial charge in [0.15, 0.2) is 11.4 Å². The standard InChI is InChI=1S/C21H21N7O3/c29-21(25-15-3-1-14(2-4-15)12-28-6-9-30-10-7-28)18-17(11-24-27-18)26-20-19-16(5-8-31-19)22-13-23-20/h1-5,8,11,13H,6-7,9-10,12H2,(H,24,27)(H,25,29)(H,22,23,26). The summed E-state index contributed by atoms with van der Waals surface area (Å²) in [6.45, 7) is 4.28. The topological polar surface area (TPSA) is 121 Å². The summed E-state index contributed by atoms with van der Waals surface area (Å²) in [6, 6.07) is 9.58. The average Bonchev–Trinajstić information content (AvgIpc) is 3.46. The van der Waals surface area contributed by atoms with Crippen LogP contribution in [0.25, 0.3) is 11.1 Å². The second-order valence-corrected chi connectivity index (χ2v) is 7.18. The van der Waals surface area contributed by atoms with Crippen molar-refractivity contribution in [2.75, 3.05) is 36.9 Å². The highest BCUT2D eigenvalue weighted by Crippen LogP contribution is 2.25. The minimum absolute atomic E-state index is 0.288. The zero-order valence-electron chi connectivity index (χ0n) is 16.7. The molecule has 0 saturated carbocycles. The minimum Gasteiger partial charge on any atom is -0.459 e. The number of ether oxygens (including phenoxy) is 1. The monoisotopic (exact) mass is 419 g/mol. The van der Waals surface area contributed by atoms with Gasteiger partial charge in [0.2, 0.25) is 0 Å². The molecule has 0 atom stereocenters. The fraction of sp³-hybridized carbons (Fsp3) is 0.238. The van der Waals surface area contributed by atoms with Gasteiger partial charge in [-0.1, -0.05) is 12.1 Å². The van der Waals surface area contributed by atoms with E-state index in [4.69, 9.17) is 9.15 Å². The summed E-state index contributed by atoms with van der Waals surface area (Å²) < 4.78 is 10.8. The van der Waals surface area contributed by atoms with Crippen LogP contribution in [0.5, 0.6) is 0 Å². The molecular weight excluding hydrogens is 398 g/mol. The van der Waals surface area contributed by atoms with Crippen molar-refractivity contribution in [1.29, 1.82) is 0 Å². The van der Waals surface area contributed by atoms with Gasteiger partial charge in [-0.25, -0.2) is 9.97 Å². The summed E-state index contributed by atoms with van der Waals surface area (Å²) in [7, 11) is 0. The van der Waals surface area contributed by atoms with Crippen LogP contribution < -0.4 is 10.6 Å². The summed E-state index contributed by atoms with van der Waals surface area (Å²) in [5.74, 6) is 0.142. The molecule has 1 fully saturated rings. The lowest BCUT2D eigenvalue weighted by Crippen LogP contribution is -2.35. The predicted octanol–water partition coefficient (Wildman–Crippen LogP) is 2.77. The van der Waals surface area contributed by atoms with Crippen molar-refractivity contribution in [3.63, 3.8) is 0 Å². The molecule has 158 valence electrons. The molecule has 0 unspecified atom stereocenters. The Labute approximate surface area is 177 Å². The molecule has 5 rings (SSSR count). The zero-order valence-corrected chi connectivity index (χ0v) is 16.7. The van der Waals surface area contributed by atoms with Crippen LogP contribution in [-0.2, 0) is 11.3 Å². The van der Waals surface area contributed by atoms with Gasteiger partial charge >= 0.3 is 0 Å². The van der Waals surface area contributed by atoms with Crippen molar-refractivity contribution in [3.8, 4) is 0 Å². The highest BCUT2D eigenvalue weighted by atomic mass is 16.5. The molecule has 1 aromatic carbocycles. The van der Waals surface area contributed by atoms with Gasteiger partial charge in [-0.15, -0.1) is 0 Å². The number of benzene rings is 1. The van der Waals surface area contributed by atoms with E-state index in [1.54, 1.807) is 6.07 Å². The maximum absolute atomic E-state index is 12.8. The number of H-pyrrole nitrogens is 1. The number of fused-ring (bicyclic) bond motifs is 1. The third-order valence-corrected chi connectivity index (χ3v) is 5.08. The van der Waals surface area contributed by atoms with E-state index in [2.05, 4.69) is 35.7 Å². The van der Waals surface area contributed by atoms with Crippen LogP contribution in [0.3, 0.4) is 0 Å². The molecule has 3 aromatic heterocycles. The Morgan fingerprint density at radius 3 is 2.81 bits per heavy atom. The largest absolute Gasteiger partial charge is 0.459 e. The van der Waals surface area contributed by atoms with E-state index in [9.17, 15) is 4.79 Å². The Balaban J connectivity index is 1.26. The Morgan fingerprint density at radius 1 is 1.13 bits per heavy atom. The molecule has 3 N–H and O–H groups in total. The highest BCUT2D eigenvalue weighted by Gasteiger charge is 2.17. The first kappa shape index (κ1) is 19.2. The van der Waals surface area contributed by atoms with Gasteiger partial charge < -0.3 is 19.8 Å². The van der Waals surface area contributed by atoms with Gasteiger partial charge in [-0.05, 0) is 17.7 Å². The van der Waals surface area contributed by atoms with Gasteiger partial charge in [0.25, 0.3) is 5.91 Å². The first-order valence-corrected chi connectivity index (χ1v) is 9.95. The van der Waals surface area contributed by atoms with Crippen LogP contribution in [0, 0.1) is 0 Å². The maximum Gasteiger partial charge on any atom is 0.275 e. The first-order valence-electron chi connectivity index (χ1n) is 9.95. The number of hydrogen-bond acceptors (Lipinski definition) is 8. The Bertz CT molecular complexity index is 1180. The second kappa shape index (κ2) is 8.54. The van der Waals surface area contributed by atoms with E-state index in [0.29, 0.717) is 28.3 Å². The molecule has 0 spiro atoms. The van der Waals surface area contributed by atoms with E-state index < -0.39 is 0 Å².